The SMILES string of the molecule is CN=C(NCc1nncn1C)N1CC2OCCN(Cc3ccccc3)C2C1. The van der Waals surface area contributed by atoms with Crippen molar-refractivity contribution in [2.24, 2.45) is 12.0 Å². The van der Waals surface area contributed by atoms with Gasteiger partial charge in [0, 0.05) is 40.3 Å². The molecule has 27 heavy (non-hydrogen) atoms. The maximum Gasteiger partial charge on any atom is 0.194 e. The number of hydrogen-bond donors (Lipinski definition) is 1. The summed E-state index contributed by atoms with van der Waals surface area (Å²) in [4.78, 5) is 9.29. The van der Waals surface area contributed by atoms with E-state index < -0.39 is 0 Å². The number of aliphatic imine (C=N–C) groups is 1. The van der Waals surface area contributed by atoms with E-state index in [1.54, 1.807) is 6.33 Å². The number of guanidine groups is 1. The number of morpholine rings is 1. The van der Waals surface area contributed by atoms with Crippen molar-refractivity contribution in [1.29, 1.82) is 0 Å². The summed E-state index contributed by atoms with van der Waals surface area (Å²) in [6.07, 6.45) is 1.93. The number of rotatable bonds is 4. The first-order valence-electron chi connectivity index (χ1n) is 9.42. The van der Waals surface area contributed by atoms with Crippen molar-refractivity contribution in [3.8, 4) is 0 Å². The summed E-state index contributed by atoms with van der Waals surface area (Å²) in [5.41, 5.74) is 1.35. The lowest BCUT2D eigenvalue weighted by molar-refractivity contribution is -0.0502. The van der Waals surface area contributed by atoms with Gasteiger partial charge in [-0.05, 0) is 5.56 Å². The van der Waals surface area contributed by atoms with E-state index in [4.69, 9.17) is 4.74 Å². The van der Waals surface area contributed by atoms with Gasteiger partial charge in [0.25, 0.3) is 0 Å². The third kappa shape index (κ3) is 3.96. The Labute approximate surface area is 159 Å². The van der Waals surface area contributed by atoms with E-state index in [2.05, 4.69) is 60.6 Å². The number of likely N-dealkylation sites (tertiary alicyclic amines) is 1. The van der Waals surface area contributed by atoms with Crippen LogP contribution in [0, 0.1) is 0 Å². The van der Waals surface area contributed by atoms with Gasteiger partial charge < -0.3 is 19.5 Å². The molecule has 2 aromatic rings. The predicted octanol–water partition coefficient (Wildman–Crippen LogP) is 0.476. The minimum absolute atomic E-state index is 0.218. The summed E-state index contributed by atoms with van der Waals surface area (Å²) in [6, 6.07) is 11.0. The van der Waals surface area contributed by atoms with Crippen LogP contribution in [-0.4, -0.2) is 76.0 Å². The molecule has 8 heteroatoms. The highest BCUT2D eigenvalue weighted by Gasteiger charge is 2.41. The molecule has 4 rings (SSSR count). The number of nitrogens with zero attached hydrogens (tertiary/aromatic N) is 6. The molecule has 1 N–H and O–H groups in total. The minimum atomic E-state index is 0.218. The van der Waals surface area contributed by atoms with Crippen molar-refractivity contribution in [3.05, 3.63) is 48.0 Å². The van der Waals surface area contributed by atoms with Gasteiger partial charge in [0.2, 0.25) is 0 Å². The van der Waals surface area contributed by atoms with Gasteiger partial charge in [-0.15, -0.1) is 10.2 Å². The zero-order valence-electron chi connectivity index (χ0n) is 16.0. The molecule has 1 aromatic heterocycles. The molecule has 0 radical (unpaired) electrons. The normalized spacial score (nSPS) is 23.5. The molecule has 8 nitrogen and oxygen atoms in total. The molecule has 2 unspecified atom stereocenters. The number of hydrogen-bond acceptors (Lipinski definition) is 5. The molecule has 0 bridgehead atoms. The van der Waals surface area contributed by atoms with Crippen LogP contribution in [0.25, 0.3) is 0 Å². The number of ether oxygens (including phenoxy) is 1. The van der Waals surface area contributed by atoms with Gasteiger partial charge in [0.1, 0.15) is 6.33 Å². The minimum Gasteiger partial charge on any atom is -0.373 e. The molecular formula is C19H27N7O. The van der Waals surface area contributed by atoms with Crippen LogP contribution < -0.4 is 5.32 Å². The molecule has 3 heterocycles. The lowest BCUT2D eigenvalue weighted by atomic mass is 10.1. The molecular weight excluding hydrogens is 342 g/mol. The van der Waals surface area contributed by atoms with Crippen LogP contribution in [0.3, 0.4) is 0 Å². The maximum absolute atomic E-state index is 6.07. The van der Waals surface area contributed by atoms with Crippen molar-refractivity contribution in [1.82, 2.24) is 29.9 Å². The average Bonchev–Trinajstić information content (AvgIpc) is 3.30. The highest BCUT2D eigenvalue weighted by atomic mass is 16.5. The van der Waals surface area contributed by atoms with E-state index in [1.165, 1.54) is 5.56 Å². The summed E-state index contributed by atoms with van der Waals surface area (Å²) < 4.78 is 7.98. The highest BCUT2D eigenvalue weighted by Crippen LogP contribution is 2.24. The number of nitrogens with one attached hydrogen (secondary N) is 1. The van der Waals surface area contributed by atoms with Crippen LogP contribution in [0.5, 0.6) is 0 Å². The lowest BCUT2D eigenvalue weighted by Gasteiger charge is -2.36. The van der Waals surface area contributed by atoms with Crippen molar-refractivity contribution >= 4 is 5.96 Å². The Hall–Kier alpha value is -2.45. The number of benzene rings is 1. The lowest BCUT2D eigenvalue weighted by Crippen LogP contribution is -2.50. The maximum atomic E-state index is 6.07. The zero-order valence-corrected chi connectivity index (χ0v) is 16.0. The van der Waals surface area contributed by atoms with Crippen LogP contribution in [0.15, 0.2) is 41.7 Å². The van der Waals surface area contributed by atoms with E-state index in [0.29, 0.717) is 12.6 Å². The topological polar surface area (TPSA) is 70.8 Å². The van der Waals surface area contributed by atoms with Crippen LogP contribution in [0.2, 0.25) is 0 Å². The van der Waals surface area contributed by atoms with Crippen LogP contribution >= 0.6 is 0 Å². The van der Waals surface area contributed by atoms with Crippen LogP contribution in [0.1, 0.15) is 11.4 Å². The van der Waals surface area contributed by atoms with Gasteiger partial charge in [-0.2, -0.15) is 0 Å². The van der Waals surface area contributed by atoms with E-state index in [1.807, 2.05) is 18.7 Å². The fourth-order valence-corrected chi connectivity index (χ4v) is 3.90. The molecule has 2 aliphatic heterocycles. The summed E-state index contributed by atoms with van der Waals surface area (Å²) in [5.74, 6) is 1.77. The second-order valence-corrected chi connectivity index (χ2v) is 7.10. The van der Waals surface area contributed by atoms with Gasteiger partial charge >= 0.3 is 0 Å². The standard InChI is InChI=1S/C19H27N7O/c1-20-19(21-10-18-23-22-14-24(18)2)26-12-16-17(13-26)27-9-8-25(16)11-15-6-4-3-5-7-15/h3-7,14,16-17H,8-13H2,1-2H3,(H,20,21). The fraction of sp³-hybridized carbons (Fsp3) is 0.526. The van der Waals surface area contributed by atoms with E-state index in [9.17, 15) is 0 Å². The Kier molecular flexibility index (Phi) is 5.35. The Morgan fingerprint density at radius 2 is 2.15 bits per heavy atom. The van der Waals surface area contributed by atoms with Crippen LogP contribution in [0.4, 0.5) is 0 Å². The molecule has 2 aliphatic rings. The van der Waals surface area contributed by atoms with Crippen molar-refractivity contribution < 1.29 is 4.74 Å². The molecule has 0 saturated carbocycles. The molecule has 1 aromatic carbocycles. The van der Waals surface area contributed by atoms with Crippen LogP contribution in [-0.2, 0) is 24.9 Å². The molecule has 2 atom stereocenters. The van der Waals surface area contributed by atoms with Gasteiger partial charge in [0.15, 0.2) is 11.8 Å². The molecule has 144 valence electrons. The number of aryl methyl sites for hydroxylation is 1. The van der Waals surface area contributed by atoms with Gasteiger partial charge in [-0.3, -0.25) is 9.89 Å². The summed E-state index contributed by atoms with van der Waals surface area (Å²) in [6.45, 7) is 5.08. The fourth-order valence-electron chi connectivity index (χ4n) is 3.90. The molecule has 2 fully saturated rings. The third-order valence-corrected chi connectivity index (χ3v) is 5.37. The van der Waals surface area contributed by atoms with Crippen molar-refractivity contribution in [3.63, 3.8) is 0 Å². The Balaban J connectivity index is 1.40. The average molecular weight is 369 g/mol. The van der Waals surface area contributed by atoms with Gasteiger partial charge in [-0.1, -0.05) is 30.3 Å². The molecule has 0 spiro atoms. The second-order valence-electron chi connectivity index (χ2n) is 7.10. The summed E-state index contributed by atoms with van der Waals surface area (Å²) >= 11 is 0. The Morgan fingerprint density at radius 3 is 2.89 bits per heavy atom. The molecule has 0 aliphatic carbocycles. The first kappa shape index (κ1) is 17.9. The van der Waals surface area contributed by atoms with Crippen molar-refractivity contribution in [2.75, 3.05) is 33.3 Å². The summed E-state index contributed by atoms with van der Waals surface area (Å²) in [7, 11) is 3.77. The predicted molar refractivity (Wildman–Crippen MR) is 103 cm³/mol. The van der Waals surface area contributed by atoms with Crippen molar-refractivity contribution in [2.45, 2.75) is 25.2 Å². The van der Waals surface area contributed by atoms with Gasteiger partial charge in [0.05, 0.1) is 25.3 Å². The highest BCUT2D eigenvalue weighted by molar-refractivity contribution is 5.80. The van der Waals surface area contributed by atoms with E-state index in [-0.39, 0.29) is 6.10 Å². The summed E-state index contributed by atoms with van der Waals surface area (Å²) in [5, 5.41) is 11.5. The zero-order chi connectivity index (χ0) is 18.6. The quantitative estimate of drug-likeness (QED) is 0.624. The first-order chi connectivity index (χ1) is 13.2. The second kappa shape index (κ2) is 8.06. The monoisotopic (exact) mass is 369 g/mol. The first-order valence-corrected chi connectivity index (χ1v) is 9.42. The largest absolute Gasteiger partial charge is 0.373 e. The van der Waals surface area contributed by atoms with E-state index >= 15 is 0 Å². The number of fused-ring (bicyclic) bond motifs is 1. The Morgan fingerprint density at radius 1 is 1.30 bits per heavy atom. The number of aromatic nitrogens is 3. The third-order valence-electron chi connectivity index (χ3n) is 5.37. The van der Waals surface area contributed by atoms with Gasteiger partial charge in [-0.25, -0.2) is 0 Å². The smallest absolute Gasteiger partial charge is 0.194 e. The molecule has 2 saturated heterocycles. The Bertz CT molecular complexity index is 775. The molecule has 0 amide bonds. The van der Waals surface area contributed by atoms with E-state index in [0.717, 1.165) is 44.6 Å².